The van der Waals surface area contributed by atoms with Crippen molar-refractivity contribution >= 4 is 97.2 Å². The molecule has 5 heteroatoms. The molecule has 0 N–H and O–H groups in total. The van der Waals surface area contributed by atoms with E-state index in [9.17, 15) is 0 Å². The lowest BCUT2D eigenvalue weighted by molar-refractivity contribution is 0.677. The Labute approximate surface area is 265 Å². The van der Waals surface area contributed by atoms with E-state index in [4.69, 9.17) is 9.40 Å². The monoisotopic (exact) mass is 605 g/mol. The van der Waals surface area contributed by atoms with Gasteiger partial charge in [-0.3, -0.25) is 4.98 Å². The van der Waals surface area contributed by atoms with Gasteiger partial charge in [0.2, 0.25) is 0 Å². The predicted molar refractivity (Wildman–Crippen MR) is 193 cm³/mol. The quantitative estimate of drug-likeness (QED) is 0.196. The molecule has 0 spiro atoms. The number of benzene rings is 6. The molecule has 0 aliphatic carbocycles. The zero-order valence-corrected chi connectivity index (χ0v) is 25.3. The SMILES string of the molecule is c1ccc(-n2c3ccccc3c3c4oc5c(ccc6c5c5ccccc5n6-c5ccc6sc7cccnc7c6c5)c4ccc32)cc1. The van der Waals surface area contributed by atoms with Crippen LogP contribution in [0.3, 0.4) is 0 Å². The molecule has 0 amide bonds. The largest absolute Gasteiger partial charge is 0.455 e. The van der Waals surface area contributed by atoms with Crippen LogP contribution < -0.4 is 0 Å². The molecule has 0 radical (unpaired) electrons. The first-order chi connectivity index (χ1) is 22.8. The number of hydrogen-bond acceptors (Lipinski definition) is 3. The first-order valence-corrected chi connectivity index (χ1v) is 16.3. The standard InChI is InChI=1S/C41H23N3OS/c1-2-9-24(10-3-1)43-31-13-6-4-11-28(31)37-33(43)19-17-26-27-18-20-34-38(41(27)45-40(26)37)29-12-5-7-14-32(29)44(34)25-16-21-35-30(23-25)39-36(46-35)15-8-22-42-39/h1-23H. The van der Waals surface area contributed by atoms with E-state index in [-0.39, 0.29) is 0 Å². The average Bonchev–Trinajstić information content (AvgIpc) is 3.85. The zero-order valence-electron chi connectivity index (χ0n) is 24.4. The molecule has 11 rings (SSSR count). The molecule has 0 atom stereocenters. The number of hydrogen-bond donors (Lipinski definition) is 0. The molecule has 46 heavy (non-hydrogen) atoms. The van der Waals surface area contributed by atoms with Crippen LogP contribution in [0.5, 0.6) is 0 Å². The van der Waals surface area contributed by atoms with E-state index in [1.807, 2.05) is 12.3 Å². The van der Waals surface area contributed by atoms with Crippen LogP contribution in [0, 0.1) is 0 Å². The maximum atomic E-state index is 7.07. The molecule has 0 saturated carbocycles. The summed E-state index contributed by atoms with van der Waals surface area (Å²) >= 11 is 1.79. The summed E-state index contributed by atoms with van der Waals surface area (Å²) in [5.41, 5.74) is 9.77. The summed E-state index contributed by atoms with van der Waals surface area (Å²) in [5, 5.41) is 8.10. The predicted octanol–water partition coefficient (Wildman–Crippen LogP) is 11.5. The highest BCUT2D eigenvalue weighted by atomic mass is 32.1. The number of para-hydroxylation sites is 3. The Kier molecular flexibility index (Phi) is 4.69. The lowest BCUT2D eigenvalue weighted by atomic mass is 10.1. The van der Waals surface area contributed by atoms with Gasteiger partial charge in [-0.2, -0.15) is 0 Å². The molecule has 0 fully saturated rings. The van der Waals surface area contributed by atoms with Crippen LogP contribution >= 0.6 is 11.3 Å². The second kappa shape index (κ2) is 8.84. The first kappa shape index (κ1) is 24.4. The molecule has 214 valence electrons. The van der Waals surface area contributed by atoms with E-state index in [0.717, 1.165) is 66.2 Å². The van der Waals surface area contributed by atoms with Gasteiger partial charge in [0.05, 0.1) is 43.1 Å². The Morgan fingerprint density at radius 2 is 1.09 bits per heavy atom. The van der Waals surface area contributed by atoms with Crippen LogP contribution in [-0.2, 0) is 0 Å². The van der Waals surface area contributed by atoms with Crippen LogP contribution in [-0.4, -0.2) is 14.1 Å². The van der Waals surface area contributed by atoms with Gasteiger partial charge in [0.1, 0.15) is 11.2 Å². The first-order valence-electron chi connectivity index (χ1n) is 15.5. The topological polar surface area (TPSA) is 35.9 Å². The third-order valence-electron chi connectivity index (χ3n) is 9.56. The van der Waals surface area contributed by atoms with Gasteiger partial charge in [0.15, 0.2) is 0 Å². The Bertz CT molecular complexity index is 3030. The second-order valence-corrected chi connectivity index (χ2v) is 13.0. The number of nitrogens with zero attached hydrogens (tertiary/aromatic N) is 3. The van der Waals surface area contributed by atoms with Crippen molar-refractivity contribution in [1.82, 2.24) is 14.1 Å². The fourth-order valence-corrected chi connectivity index (χ4v) is 8.70. The van der Waals surface area contributed by atoms with Crippen LogP contribution in [0.25, 0.3) is 97.2 Å². The van der Waals surface area contributed by atoms with E-state index in [1.165, 1.54) is 31.1 Å². The van der Waals surface area contributed by atoms with E-state index in [2.05, 4.69) is 137 Å². The molecule has 0 unspecified atom stereocenters. The number of aromatic nitrogens is 3. The molecule has 0 aliphatic rings. The van der Waals surface area contributed by atoms with E-state index in [1.54, 1.807) is 11.3 Å². The maximum Gasteiger partial charge on any atom is 0.145 e. The number of rotatable bonds is 2. The van der Waals surface area contributed by atoms with Crippen molar-refractivity contribution < 1.29 is 4.42 Å². The third-order valence-corrected chi connectivity index (χ3v) is 10.7. The Morgan fingerprint density at radius 1 is 0.457 bits per heavy atom. The zero-order chi connectivity index (χ0) is 29.9. The van der Waals surface area contributed by atoms with Gasteiger partial charge in [-0.15, -0.1) is 11.3 Å². The summed E-state index contributed by atoms with van der Waals surface area (Å²) in [4.78, 5) is 4.73. The van der Waals surface area contributed by atoms with Gasteiger partial charge in [-0.05, 0) is 78.9 Å². The average molecular weight is 606 g/mol. The van der Waals surface area contributed by atoms with Crippen LogP contribution in [0.4, 0.5) is 0 Å². The van der Waals surface area contributed by atoms with Crippen molar-refractivity contribution in [2.24, 2.45) is 0 Å². The maximum absolute atomic E-state index is 7.07. The van der Waals surface area contributed by atoms with E-state index < -0.39 is 0 Å². The van der Waals surface area contributed by atoms with E-state index in [0.29, 0.717) is 0 Å². The number of furan rings is 1. The molecule has 5 aromatic heterocycles. The molecule has 11 aromatic rings. The lowest BCUT2D eigenvalue weighted by Gasteiger charge is -2.08. The fourth-order valence-electron chi connectivity index (χ4n) is 7.65. The van der Waals surface area contributed by atoms with Crippen molar-refractivity contribution in [3.8, 4) is 11.4 Å². The van der Waals surface area contributed by atoms with E-state index >= 15 is 0 Å². The van der Waals surface area contributed by atoms with Crippen molar-refractivity contribution in [3.63, 3.8) is 0 Å². The van der Waals surface area contributed by atoms with Gasteiger partial charge in [0, 0.05) is 49.2 Å². The molecular weight excluding hydrogens is 583 g/mol. The minimum absolute atomic E-state index is 0.926. The van der Waals surface area contributed by atoms with Gasteiger partial charge in [-0.1, -0.05) is 54.6 Å². The fraction of sp³-hybridized carbons (Fsp3) is 0. The highest BCUT2D eigenvalue weighted by Gasteiger charge is 2.22. The summed E-state index contributed by atoms with van der Waals surface area (Å²) in [7, 11) is 0. The van der Waals surface area contributed by atoms with Crippen molar-refractivity contribution in [1.29, 1.82) is 0 Å². The van der Waals surface area contributed by atoms with Gasteiger partial charge in [0.25, 0.3) is 0 Å². The molecule has 0 bridgehead atoms. The number of fused-ring (bicyclic) bond motifs is 14. The third kappa shape index (κ3) is 3.10. The van der Waals surface area contributed by atoms with Crippen LogP contribution in [0.1, 0.15) is 0 Å². The Hall–Kier alpha value is -5.91. The van der Waals surface area contributed by atoms with Crippen molar-refractivity contribution in [3.05, 3.63) is 140 Å². The number of thiophene rings is 1. The second-order valence-electron chi connectivity index (χ2n) is 11.9. The normalized spacial score (nSPS) is 12.3. The highest BCUT2D eigenvalue weighted by Crippen LogP contribution is 2.45. The molecule has 6 aromatic carbocycles. The molecule has 4 nitrogen and oxygen atoms in total. The van der Waals surface area contributed by atoms with Gasteiger partial charge in [-0.25, -0.2) is 0 Å². The summed E-state index contributed by atoms with van der Waals surface area (Å²) in [6, 6.07) is 47.8. The van der Waals surface area contributed by atoms with Crippen molar-refractivity contribution in [2.45, 2.75) is 0 Å². The lowest BCUT2D eigenvalue weighted by Crippen LogP contribution is -1.93. The molecule has 0 saturated heterocycles. The summed E-state index contributed by atoms with van der Waals surface area (Å²) < 4.78 is 14.3. The molecule has 5 heterocycles. The van der Waals surface area contributed by atoms with Gasteiger partial charge >= 0.3 is 0 Å². The number of pyridine rings is 1. The smallest absolute Gasteiger partial charge is 0.145 e. The highest BCUT2D eigenvalue weighted by molar-refractivity contribution is 7.25. The van der Waals surface area contributed by atoms with Crippen LogP contribution in [0.15, 0.2) is 144 Å². The molecule has 0 aliphatic heterocycles. The summed E-state index contributed by atoms with van der Waals surface area (Å²) in [5.74, 6) is 0. The summed E-state index contributed by atoms with van der Waals surface area (Å²) in [6.45, 7) is 0. The molecular formula is C41H23N3OS. The minimum Gasteiger partial charge on any atom is -0.455 e. The van der Waals surface area contributed by atoms with Crippen molar-refractivity contribution in [2.75, 3.05) is 0 Å². The Balaban J connectivity index is 1.26. The minimum atomic E-state index is 0.926. The Morgan fingerprint density at radius 3 is 1.78 bits per heavy atom. The van der Waals surface area contributed by atoms with Gasteiger partial charge < -0.3 is 13.6 Å². The summed E-state index contributed by atoms with van der Waals surface area (Å²) in [6.07, 6.45) is 1.88. The van der Waals surface area contributed by atoms with Crippen LogP contribution in [0.2, 0.25) is 0 Å².